The van der Waals surface area contributed by atoms with E-state index >= 15 is 0 Å². The Labute approximate surface area is 79.7 Å². The summed E-state index contributed by atoms with van der Waals surface area (Å²) in [6.45, 7) is 11.8. The molecule has 0 aromatic heterocycles. The second kappa shape index (κ2) is 5.02. The summed E-state index contributed by atoms with van der Waals surface area (Å²) >= 11 is 0. The van der Waals surface area contributed by atoms with Gasteiger partial charge >= 0.3 is 5.97 Å². The standard InChI is InChI=1S/C10H18O3/c1-8(2)9(11)13-7-12-6-10(3,4)5/h1,6-7H2,2-5H3. The molecule has 0 rings (SSSR count). The van der Waals surface area contributed by atoms with Crippen LogP contribution in [0.3, 0.4) is 0 Å². The first-order chi connectivity index (χ1) is 5.83. The maximum Gasteiger partial charge on any atom is 0.335 e. The van der Waals surface area contributed by atoms with Gasteiger partial charge in [-0.15, -0.1) is 0 Å². The molecule has 0 unspecified atom stereocenters. The fourth-order valence-corrected chi connectivity index (χ4v) is 0.566. The number of esters is 1. The second-order valence-corrected chi connectivity index (χ2v) is 4.24. The first-order valence-corrected chi connectivity index (χ1v) is 4.23. The second-order valence-electron chi connectivity index (χ2n) is 4.24. The van der Waals surface area contributed by atoms with Crippen LogP contribution in [0.25, 0.3) is 0 Å². The highest BCUT2D eigenvalue weighted by atomic mass is 16.7. The van der Waals surface area contributed by atoms with Crippen LogP contribution in [0, 0.1) is 5.41 Å². The third-order valence-electron chi connectivity index (χ3n) is 1.16. The average molecular weight is 186 g/mol. The van der Waals surface area contributed by atoms with Crippen LogP contribution in [-0.4, -0.2) is 19.4 Å². The van der Waals surface area contributed by atoms with Crippen LogP contribution in [0.1, 0.15) is 27.7 Å². The van der Waals surface area contributed by atoms with Crippen molar-refractivity contribution in [3.63, 3.8) is 0 Å². The van der Waals surface area contributed by atoms with E-state index in [-0.39, 0.29) is 12.2 Å². The van der Waals surface area contributed by atoms with Crippen LogP contribution in [0.15, 0.2) is 12.2 Å². The lowest BCUT2D eigenvalue weighted by molar-refractivity contribution is -0.153. The van der Waals surface area contributed by atoms with Gasteiger partial charge in [0.1, 0.15) is 0 Å². The summed E-state index contributed by atoms with van der Waals surface area (Å²) in [5.41, 5.74) is 0.481. The Balaban J connectivity index is 3.47. The molecular formula is C10H18O3. The SMILES string of the molecule is C=C(C)C(=O)OCOCC(C)(C)C. The summed E-state index contributed by atoms with van der Waals surface area (Å²) in [5.74, 6) is -0.408. The molecule has 0 atom stereocenters. The predicted octanol–water partition coefficient (Wildman–Crippen LogP) is 2.13. The van der Waals surface area contributed by atoms with Crippen LogP contribution in [0.4, 0.5) is 0 Å². The monoisotopic (exact) mass is 186 g/mol. The van der Waals surface area contributed by atoms with E-state index in [0.29, 0.717) is 12.2 Å². The summed E-state index contributed by atoms with van der Waals surface area (Å²) in [6, 6.07) is 0. The van der Waals surface area contributed by atoms with Gasteiger partial charge in [-0.05, 0) is 12.3 Å². The Kier molecular flexibility index (Phi) is 4.70. The van der Waals surface area contributed by atoms with Gasteiger partial charge in [0.2, 0.25) is 0 Å². The molecule has 0 aliphatic carbocycles. The quantitative estimate of drug-likeness (QED) is 0.292. The van der Waals surface area contributed by atoms with Gasteiger partial charge in [-0.2, -0.15) is 0 Å². The normalized spacial score (nSPS) is 11.1. The van der Waals surface area contributed by atoms with Crippen molar-refractivity contribution >= 4 is 5.97 Å². The molecule has 0 fully saturated rings. The topological polar surface area (TPSA) is 35.5 Å². The van der Waals surface area contributed by atoms with Crippen LogP contribution < -0.4 is 0 Å². The molecule has 3 heteroatoms. The van der Waals surface area contributed by atoms with Gasteiger partial charge < -0.3 is 9.47 Å². The Morgan fingerprint density at radius 3 is 2.31 bits per heavy atom. The number of carbonyl (C=O) groups excluding carboxylic acids is 1. The maximum absolute atomic E-state index is 10.9. The molecule has 13 heavy (non-hydrogen) atoms. The molecule has 0 saturated heterocycles. The molecule has 0 aliphatic heterocycles. The number of hydrogen-bond acceptors (Lipinski definition) is 3. The molecule has 3 nitrogen and oxygen atoms in total. The number of hydrogen-bond donors (Lipinski definition) is 0. The lowest BCUT2D eigenvalue weighted by atomic mass is 9.99. The zero-order chi connectivity index (χ0) is 10.5. The fraction of sp³-hybridized carbons (Fsp3) is 0.700. The highest BCUT2D eigenvalue weighted by molar-refractivity contribution is 5.86. The van der Waals surface area contributed by atoms with E-state index in [9.17, 15) is 4.79 Å². The summed E-state index contributed by atoms with van der Waals surface area (Å²) < 4.78 is 9.87. The molecule has 0 aliphatic rings. The Bertz CT molecular complexity index is 189. The molecule has 0 spiro atoms. The van der Waals surface area contributed by atoms with Crippen molar-refractivity contribution < 1.29 is 14.3 Å². The van der Waals surface area contributed by atoms with Crippen LogP contribution in [0.2, 0.25) is 0 Å². The van der Waals surface area contributed by atoms with E-state index in [4.69, 9.17) is 9.47 Å². The highest BCUT2D eigenvalue weighted by Crippen LogP contribution is 2.12. The van der Waals surface area contributed by atoms with Crippen molar-refractivity contribution in [3.05, 3.63) is 12.2 Å². The van der Waals surface area contributed by atoms with Gasteiger partial charge in [0.25, 0.3) is 0 Å². The Morgan fingerprint density at radius 2 is 1.92 bits per heavy atom. The predicted molar refractivity (Wildman–Crippen MR) is 51.2 cm³/mol. The molecule has 76 valence electrons. The third-order valence-corrected chi connectivity index (χ3v) is 1.16. The van der Waals surface area contributed by atoms with Crippen LogP contribution in [-0.2, 0) is 14.3 Å². The molecule has 0 saturated carbocycles. The lowest BCUT2D eigenvalue weighted by Gasteiger charge is -2.17. The summed E-state index contributed by atoms with van der Waals surface area (Å²) in [6.07, 6.45) is 0. The molecule has 0 heterocycles. The van der Waals surface area contributed by atoms with E-state index in [1.807, 2.05) is 20.8 Å². The summed E-state index contributed by atoms with van der Waals surface area (Å²) in [4.78, 5) is 10.9. The average Bonchev–Trinajstić information content (AvgIpc) is 1.95. The lowest BCUT2D eigenvalue weighted by Crippen LogP contribution is -2.17. The van der Waals surface area contributed by atoms with Crippen LogP contribution >= 0.6 is 0 Å². The number of rotatable bonds is 4. The van der Waals surface area contributed by atoms with Crippen molar-refractivity contribution in [2.24, 2.45) is 5.41 Å². The number of carbonyl (C=O) groups is 1. The molecule has 0 aromatic carbocycles. The molecule has 0 amide bonds. The fourth-order valence-electron chi connectivity index (χ4n) is 0.566. The van der Waals surface area contributed by atoms with E-state index in [0.717, 1.165) is 0 Å². The Hall–Kier alpha value is -0.830. The maximum atomic E-state index is 10.9. The van der Waals surface area contributed by atoms with Gasteiger partial charge in [0.15, 0.2) is 6.79 Å². The van der Waals surface area contributed by atoms with Gasteiger partial charge in [0.05, 0.1) is 6.61 Å². The van der Waals surface area contributed by atoms with Crippen LogP contribution in [0.5, 0.6) is 0 Å². The molecular weight excluding hydrogens is 168 g/mol. The molecule has 0 N–H and O–H groups in total. The highest BCUT2D eigenvalue weighted by Gasteiger charge is 2.10. The summed E-state index contributed by atoms with van der Waals surface area (Å²) in [5, 5.41) is 0. The summed E-state index contributed by atoms with van der Waals surface area (Å²) in [7, 11) is 0. The minimum Gasteiger partial charge on any atom is -0.435 e. The smallest absolute Gasteiger partial charge is 0.335 e. The largest absolute Gasteiger partial charge is 0.435 e. The van der Waals surface area contributed by atoms with Crippen molar-refractivity contribution in [2.45, 2.75) is 27.7 Å². The molecule has 0 bridgehead atoms. The minimum absolute atomic E-state index is 0.00294. The minimum atomic E-state index is -0.408. The zero-order valence-corrected chi connectivity index (χ0v) is 8.85. The van der Waals surface area contributed by atoms with E-state index in [1.54, 1.807) is 6.92 Å². The van der Waals surface area contributed by atoms with Gasteiger partial charge in [0, 0.05) is 5.57 Å². The molecule has 0 aromatic rings. The van der Waals surface area contributed by atoms with Crippen molar-refractivity contribution in [1.29, 1.82) is 0 Å². The number of ether oxygens (including phenoxy) is 2. The third kappa shape index (κ3) is 7.53. The Morgan fingerprint density at radius 1 is 1.38 bits per heavy atom. The first kappa shape index (κ1) is 12.2. The van der Waals surface area contributed by atoms with E-state index in [1.165, 1.54) is 0 Å². The van der Waals surface area contributed by atoms with E-state index in [2.05, 4.69) is 6.58 Å². The van der Waals surface area contributed by atoms with E-state index < -0.39 is 5.97 Å². The first-order valence-electron chi connectivity index (χ1n) is 4.23. The van der Waals surface area contributed by atoms with Crippen molar-refractivity contribution in [1.82, 2.24) is 0 Å². The van der Waals surface area contributed by atoms with Gasteiger partial charge in [-0.25, -0.2) is 4.79 Å². The van der Waals surface area contributed by atoms with Crippen molar-refractivity contribution in [3.8, 4) is 0 Å². The zero-order valence-electron chi connectivity index (χ0n) is 8.85. The van der Waals surface area contributed by atoms with Gasteiger partial charge in [-0.3, -0.25) is 0 Å². The van der Waals surface area contributed by atoms with Crippen molar-refractivity contribution in [2.75, 3.05) is 13.4 Å². The molecule has 0 radical (unpaired) electrons. The van der Waals surface area contributed by atoms with Gasteiger partial charge in [-0.1, -0.05) is 27.4 Å².